The summed E-state index contributed by atoms with van der Waals surface area (Å²) < 4.78 is 33.9. The second kappa shape index (κ2) is 8.40. The van der Waals surface area contributed by atoms with E-state index in [1.54, 1.807) is 0 Å². The van der Waals surface area contributed by atoms with Crippen molar-refractivity contribution in [3.05, 3.63) is 53.7 Å². The van der Waals surface area contributed by atoms with E-state index >= 15 is 0 Å². The number of pyridine rings is 1. The number of carbonyl (C=O) groups excluding carboxylic acids is 1. The topological polar surface area (TPSA) is 84.2 Å². The average molecular weight is 345 g/mol. The lowest BCUT2D eigenvalue weighted by Gasteiger charge is -2.10. The first-order valence-corrected chi connectivity index (χ1v) is 7.00. The fourth-order valence-electron chi connectivity index (χ4n) is 1.85. The van der Waals surface area contributed by atoms with Crippen LogP contribution in [-0.2, 0) is 4.79 Å². The number of amides is 1. The average Bonchev–Trinajstić information content (AvgIpc) is 2.61. The standard InChI is InChI=1S/C17H13F2N3O3/c1-24-14-8-11(2-5-13(14)25-17(18)19)4-7-16(23)22-15-6-3-12(9-20)10-21-15/h2-8,10,17H,1H3,(H,21,22,23)/b7-4+. The highest BCUT2D eigenvalue weighted by molar-refractivity contribution is 6.01. The minimum Gasteiger partial charge on any atom is -0.493 e. The molecular weight excluding hydrogens is 332 g/mol. The van der Waals surface area contributed by atoms with Crippen LogP contribution >= 0.6 is 0 Å². The number of alkyl halides is 2. The van der Waals surface area contributed by atoms with E-state index in [9.17, 15) is 13.6 Å². The molecule has 0 atom stereocenters. The largest absolute Gasteiger partial charge is 0.493 e. The highest BCUT2D eigenvalue weighted by atomic mass is 19.3. The van der Waals surface area contributed by atoms with E-state index < -0.39 is 12.5 Å². The lowest BCUT2D eigenvalue weighted by atomic mass is 10.2. The number of methoxy groups -OCH3 is 1. The summed E-state index contributed by atoms with van der Waals surface area (Å²) in [7, 11) is 1.32. The maximum Gasteiger partial charge on any atom is 0.387 e. The highest BCUT2D eigenvalue weighted by Gasteiger charge is 2.10. The zero-order valence-corrected chi connectivity index (χ0v) is 13.1. The molecule has 0 aliphatic heterocycles. The van der Waals surface area contributed by atoms with Crippen LogP contribution in [0.1, 0.15) is 11.1 Å². The van der Waals surface area contributed by atoms with Crippen LogP contribution in [0, 0.1) is 11.3 Å². The summed E-state index contributed by atoms with van der Waals surface area (Å²) in [6.07, 6.45) is 4.07. The predicted molar refractivity (Wildman–Crippen MR) is 86.2 cm³/mol. The maximum absolute atomic E-state index is 12.3. The lowest BCUT2D eigenvalue weighted by molar-refractivity contribution is -0.111. The number of nitriles is 1. The number of aromatic nitrogens is 1. The van der Waals surface area contributed by atoms with Gasteiger partial charge < -0.3 is 14.8 Å². The van der Waals surface area contributed by atoms with Crippen molar-refractivity contribution in [2.24, 2.45) is 0 Å². The molecule has 0 spiro atoms. The monoisotopic (exact) mass is 345 g/mol. The fraction of sp³-hybridized carbons (Fsp3) is 0.118. The molecule has 1 aromatic carbocycles. The Morgan fingerprint density at radius 1 is 1.32 bits per heavy atom. The van der Waals surface area contributed by atoms with Crippen LogP contribution in [0.4, 0.5) is 14.6 Å². The molecule has 128 valence electrons. The number of halogens is 2. The Bertz CT molecular complexity index is 815. The molecule has 25 heavy (non-hydrogen) atoms. The number of nitrogens with zero attached hydrogens (tertiary/aromatic N) is 2. The van der Waals surface area contributed by atoms with Crippen LogP contribution in [0.3, 0.4) is 0 Å². The van der Waals surface area contributed by atoms with Gasteiger partial charge in [0.1, 0.15) is 11.9 Å². The van der Waals surface area contributed by atoms with Crippen LogP contribution in [0.5, 0.6) is 11.5 Å². The number of carbonyl (C=O) groups is 1. The number of nitrogens with one attached hydrogen (secondary N) is 1. The van der Waals surface area contributed by atoms with Gasteiger partial charge >= 0.3 is 6.61 Å². The molecule has 0 unspecified atom stereocenters. The van der Waals surface area contributed by atoms with Crippen LogP contribution in [0.15, 0.2) is 42.6 Å². The number of anilines is 1. The minimum atomic E-state index is -2.96. The van der Waals surface area contributed by atoms with Crippen molar-refractivity contribution in [1.29, 1.82) is 5.26 Å². The van der Waals surface area contributed by atoms with Gasteiger partial charge in [-0.15, -0.1) is 0 Å². The quantitative estimate of drug-likeness (QED) is 0.813. The van der Waals surface area contributed by atoms with Gasteiger partial charge in [0.2, 0.25) is 5.91 Å². The molecule has 2 aromatic rings. The Balaban J connectivity index is 2.04. The van der Waals surface area contributed by atoms with Crippen molar-refractivity contribution in [3.8, 4) is 17.6 Å². The summed E-state index contributed by atoms with van der Waals surface area (Å²) in [4.78, 5) is 15.8. The van der Waals surface area contributed by atoms with Gasteiger partial charge in [-0.25, -0.2) is 4.98 Å². The number of rotatable bonds is 6. The molecule has 8 heteroatoms. The molecule has 0 fully saturated rings. The molecule has 1 amide bonds. The fourth-order valence-corrected chi connectivity index (χ4v) is 1.85. The van der Waals surface area contributed by atoms with Crippen molar-refractivity contribution in [3.63, 3.8) is 0 Å². The van der Waals surface area contributed by atoms with Gasteiger partial charge in [-0.3, -0.25) is 4.79 Å². The van der Waals surface area contributed by atoms with E-state index in [1.165, 1.54) is 55.8 Å². The van der Waals surface area contributed by atoms with E-state index in [2.05, 4.69) is 15.0 Å². The number of hydrogen-bond acceptors (Lipinski definition) is 5. The van der Waals surface area contributed by atoms with Gasteiger partial charge in [-0.05, 0) is 35.9 Å². The van der Waals surface area contributed by atoms with E-state index in [1.807, 2.05) is 6.07 Å². The Kier molecular flexibility index (Phi) is 6.01. The van der Waals surface area contributed by atoms with E-state index in [-0.39, 0.29) is 11.5 Å². The van der Waals surface area contributed by atoms with Gasteiger partial charge in [0.15, 0.2) is 11.5 Å². The lowest BCUT2D eigenvalue weighted by Crippen LogP contribution is -2.09. The van der Waals surface area contributed by atoms with Crippen molar-refractivity contribution in [2.45, 2.75) is 6.61 Å². The molecule has 2 rings (SSSR count). The molecule has 0 aliphatic rings. The first-order chi connectivity index (χ1) is 12.0. The summed E-state index contributed by atoms with van der Waals surface area (Å²) in [5.41, 5.74) is 0.938. The summed E-state index contributed by atoms with van der Waals surface area (Å²) >= 11 is 0. The molecule has 1 N–H and O–H groups in total. The second-order valence-electron chi connectivity index (χ2n) is 4.66. The van der Waals surface area contributed by atoms with Crippen LogP contribution < -0.4 is 14.8 Å². The Morgan fingerprint density at radius 2 is 2.12 bits per heavy atom. The molecular formula is C17H13F2N3O3. The Hall–Kier alpha value is -3.47. The summed E-state index contributed by atoms with van der Waals surface area (Å²) in [6.45, 7) is -2.96. The normalized spacial score (nSPS) is 10.5. The summed E-state index contributed by atoms with van der Waals surface area (Å²) in [6, 6.07) is 9.24. The van der Waals surface area contributed by atoms with Crippen LogP contribution in [-0.4, -0.2) is 24.6 Å². The zero-order chi connectivity index (χ0) is 18.2. The number of ether oxygens (including phenoxy) is 2. The van der Waals surface area contributed by atoms with Gasteiger partial charge in [-0.1, -0.05) is 6.07 Å². The van der Waals surface area contributed by atoms with Gasteiger partial charge in [-0.2, -0.15) is 14.0 Å². The predicted octanol–water partition coefficient (Wildman–Crippen LogP) is 3.22. The SMILES string of the molecule is COc1cc(/C=C/C(=O)Nc2ccc(C#N)cn2)ccc1OC(F)F. The van der Waals surface area contributed by atoms with Crippen molar-refractivity contribution >= 4 is 17.8 Å². The Morgan fingerprint density at radius 3 is 2.72 bits per heavy atom. The first kappa shape index (κ1) is 17.9. The molecule has 1 aromatic heterocycles. The molecule has 0 saturated carbocycles. The smallest absolute Gasteiger partial charge is 0.387 e. The molecule has 0 saturated heterocycles. The number of benzene rings is 1. The van der Waals surface area contributed by atoms with Gasteiger partial charge in [0, 0.05) is 12.3 Å². The van der Waals surface area contributed by atoms with Crippen molar-refractivity contribution in [2.75, 3.05) is 12.4 Å². The molecule has 0 aliphatic carbocycles. The van der Waals surface area contributed by atoms with Gasteiger partial charge in [0.05, 0.1) is 12.7 Å². The highest BCUT2D eigenvalue weighted by Crippen LogP contribution is 2.29. The third-order valence-corrected chi connectivity index (χ3v) is 2.97. The van der Waals surface area contributed by atoms with Crippen LogP contribution in [0.2, 0.25) is 0 Å². The second-order valence-corrected chi connectivity index (χ2v) is 4.66. The zero-order valence-electron chi connectivity index (χ0n) is 13.1. The van der Waals surface area contributed by atoms with Gasteiger partial charge in [0.25, 0.3) is 0 Å². The molecule has 1 heterocycles. The third kappa shape index (κ3) is 5.28. The molecule has 6 nitrogen and oxygen atoms in total. The molecule has 0 radical (unpaired) electrons. The van der Waals surface area contributed by atoms with Crippen LogP contribution in [0.25, 0.3) is 6.08 Å². The van der Waals surface area contributed by atoms with E-state index in [4.69, 9.17) is 10.00 Å². The third-order valence-electron chi connectivity index (χ3n) is 2.97. The Labute approximate surface area is 142 Å². The number of hydrogen-bond donors (Lipinski definition) is 1. The van der Waals surface area contributed by atoms with E-state index in [0.29, 0.717) is 16.9 Å². The summed E-state index contributed by atoms with van der Waals surface area (Å²) in [5, 5.41) is 11.2. The molecule has 0 bridgehead atoms. The first-order valence-electron chi connectivity index (χ1n) is 7.00. The summed E-state index contributed by atoms with van der Waals surface area (Å²) in [5.74, 6) is -0.117. The van der Waals surface area contributed by atoms with Crippen molar-refractivity contribution in [1.82, 2.24) is 4.98 Å². The van der Waals surface area contributed by atoms with E-state index in [0.717, 1.165) is 0 Å². The maximum atomic E-state index is 12.3. The minimum absolute atomic E-state index is 0.0964. The van der Waals surface area contributed by atoms with Crippen molar-refractivity contribution < 1.29 is 23.0 Å².